The first-order chi connectivity index (χ1) is 38.5. The number of ether oxygens (including phenoxy) is 3. The number of nitrogen functional groups attached to an aromatic ring is 1. The first-order valence-corrected chi connectivity index (χ1v) is 25.2. The van der Waals surface area contributed by atoms with Crippen molar-refractivity contribution in [3.05, 3.63) is 233 Å². The van der Waals surface area contributed by atoms with Gasteiger partial charge in [-0.25, -0.2) is 9.97 Å². The van der Waals surface area contributed by atoms with Crippen LogP contribution in [0.5, 0.6) is 28.7 Å². The molecule has 10 aromatic rings. The van der Waals surface area contributed by atoms with Crippen LogP contribution in [0.4, 0.5) is 11.5 Å². The summed E-state index contributed by atoms with van der Waals surface area (Å²) in [5.41, 5.74) is 17.6. The third-order valence-corrected chi connectivity index (χ3v) is 12.3. The number of hydrogen-bond donors (Lipinski definition) is 4. The monoisotopic (exact) mass is 1190 g/mol. The van der Waals surface area contributed by atoms with E-state index in [-0.39, 0.29) is 128 Å². The van der Waals surface area contributed by atoms with Gasteiger partial charge >= 0.3 is 103 Å². The average Bonchev–Trinajstić information content (AvgIpc) is 4.28. The average molecular weight is 1200 g/mol. The van der Waals surface area contributed by atoms with Gasteiger partial charge in [-0.05, 0) is 121 Å². The molecule has 3 aromatic heterocycles. The zero-order valence-corrected chi connectivity index (χ0v) is 52.1. The van der Waals surface area contributed by atoms with Crippen molar-refractivity contribution in [3.63, 3.8) is 0 Å². The number of rotatable bonds is 11. The number of nitrogens with one attached hydrogen (secondary N) is 1. The number of halogens is 1. The number of aromatic hydroxyl groups is 2. The van der Waals surface area contributed by atoms with Crippen LogP contribution in [0.2, 0.25) is 0 Å². The Balaban J connectivity index is 0.000000265. The molecule has 11 rings (SSSR count). The van der Waals surface area contributed by atoms with Crippen molar-refractivity contribution in [2.24, 2.45) is 0 Å². The Morgan fingerprint density at radius 1 is 0.741 bits per heavy atom. The zero-order valence-electron chi connectivity index (χ0n) is 45.3. The predicted octanol–water partition coefficient (Wildman–Crippen LogP) is 5.66. The number of nitriles is 3. The number of phenols is 2. The minimum atomic E-state index is -0.181. The fourth-order valence-electron chi connectivity index (χ4n) is 8.05. The second-order valence-corrected chi connectivity index (χ2v) is 17.5. The topological polar surface area (TPSA) is 271 Å². The minimum absolute atomic E-state index is 0. The number of fused-ring (bicyclic) bond motifs is 4. The van der Waals surface area contributed by atoms with E-state index in [4.69, 9.17) is 45.8 Å². The molecule has 0 amide bonds. The zero-order chi connectivity index (χ0) is 55.9. The van der Waals surface area contributed by atoms with Crippen LogP contribution in [0.1, 0.15) is 59.1 Å². The van der Waals surface area contributed by atoms with E-state index < -0.39 is 0 Å². The Morgan fingerprint density at radius 3 is 2.00 bits per heavy atom. The normalized spacial score (nSPS) is 11.3. The molecule has 0 saturated carbocycles. The first kappa shape index (κ1) is 64.8. The van der Waals surface area contributed by atoms with Gasteiger partial charge in [0.1, 0.15) is 58.2 Å². The molecule has 0 aliphatic carbocycles. The molecule has 0 spiro atoms. The van der Waals surface area contributed by atoms with E-state index >= 15 is 0 Å². The summed E-state index contributed by atoms with van der Waals surface area (Å²) in [6.07, 6.45) is 3.12. The summed E-state index contributed by atoms with van der Waals surface area (Å²) in [4.78, 5) is 24.0. The Hall–Kier alpha value is -7.02. The van der Waals surface area contributed by atoms with Crippen LogP contribution >= 0.6 is 15.9 Å². The van der Waals surface area contributed by atoms with Gasteiger partial charge in [0.2, 0.25) is 0 Å². The molecular formula is C61H50BrK2N9O8. The fraction of sp³-hybridized carbons (Fsp3) is 0.0984. The van der Waals surface area contributed by atoms with E-state index in [1.54, 1.807) is 66.9 Å². The van der Waals surface area contributed by atoms with E-state index in [1.807, 2.05) is 122 Å². The van der Waals surface area contributed by atoms with E-state index in [1.165, 1.54) is 6.33 Å². The maximum atomic E-state index is 9.31. The van der Waals surface area contributed by atoms with Crippen LogP contribution in [0.3, 0.4) is 0 Å². The van der Waals surface area contributed by atoms with Crippen molar-refractivity contribution in [2.45, 2.75) is 38.1 Å². The first-order valence-electron chi connectivity index (χ1n) is 24.1. The molecule has 0 saturated heterocycles. The van der Waals surface area contributed by atoms with Gasteiger partial charge in [-0.2, -0.15) is 15.8 Å². The van der Waals surface area contributed by atoms with Crippen LogP contribution in [0, 0.1) is 34.0 Å². The van der Waals surface area contributed by atoms with Crippen molar-refractivity contribution in [2.75, 3.05) is 11.1 Å². The van der Waals surface area contributed by atoms with Crippen LogP contribution in [-0.2, 0) is 39.5 Å². The third kappa shape index (κ3) is 18.8. The SMILES string of the molecule is CC1OCc2c1c1ncnc(N)c1n2-c1ccc(Oc2cccc(NCc3cccc(C#N)c3)c2)cc1.N#Cc1cccc(CBr)c1.N#Cc1cccc(COc2cccc(O)c2)c1.O=CO[O-].Oc1cccc2cccnc12.[H-].[K+].[K+]. The van der Waals surface area contributed by atoms with Gasteiger partial charge in [0.15, 0.2) is 5.82 Å². The second kappa shape index (κ2) is 33.7. The largest absolute Gasteiger partial charge is 1.00 e. The van der Waals surface area contributed by atoms with Gasteiger partial charge in [-0.15, -0.1) is 0 Å². The summed E-state index contributed by atoms with van der Waals surface area (Å²) in [5, 5.41) is 58.5. The molecule has 5 N–H and O–H groups in total. The molecule has 0 radical (unpaired) electrons. The number of pyridine rings is 1. The van der Waals surface area contributed by atoms with Gasteiger partial charge in [0, 0.05) is 52.5 Å². The van der Waals surface area contributed by atoms with E-state index in [0.717, 1.165) is 72.4 Å². The van der Waals surface area contributed by atoms with Gasteiger partial charge in [-0.1, -0.05) is 82.7 Å². The third-order valence-electron chi connectivity index (χ3n) is 11.6. The molecule has 20 heteroatoms. The Morgan fingerprint density at radius 2 is 1.35 bits per heavy atom. The summed E-state index contributed by atoms with van der Waals surface area (Å²) >= 11 is 3.31. The standard InChI is InChI=1S/C29H24N6O2.C14H11NO2.C9H7NO.C8H6BrN.CH2O3.2K.H/c1-18-26-25(16-36-18)35(28-27(26)33-17-34-29(28)31)22-8-10-23(11-9-22)37-24-7-3-6-21(13-24)32-15-20-5-2-4-19(12-20)14-30;15-9-11-3-1-4-12(7-11)10-17-14-6-2-5-13(16)8-14;11-8-5-1-3-7-4-2-6-10-9(7)8;9-5-7-2-1-3-8(4-7)6-10;2-1-4-3;;;/h2-13,17-18,32H,15-16H2,1H3,(H2,31,33,34);1-8,16H,10H2;1-6,11H;1-4H,5H2;1,3H;;;/q;;;;;2*+1;-1/p-1. The number of nitrogens with zero attached hydrogens (tertiary/aromatic N) is 7. The predicted molar refractivity (Wildman–Crippen MR) is 301 cm³/mol. The molecule has 4 heterocycles. The number of carbonyl (C=O) groups excluding carboxylic acids is 1. The molecule has 17 nitrogen and oxygen atoms in total. The second-order valence-electron chi connectivity index (χ2n) is 17.0. The molecule has 1 unspecified atom stereocenters. The molecule has 0 fully saturated rings. The van der Waals surface area contributed by atoms with Crippen LogP contribution in [0.25, 0.3) is 27.6 Å². The number of alkyl halides is 1. The number of para-hydroxylation sites is 1. The molecule has 1 aliphatic heterocycles. The number of phenolic OH excluding ortho intramolecular Hbond substituents is 2. The van der Waals surface area contributed by atoms with Gasteiger partial charge in [-0.3, -0.25) is 9.78 Å². The number of anilines is 2. The van der Waals surface area contributed by atoms with E-state index in [2.05, 4.69) is 63.9 Å². The summed E-state index contributed by atoms with van der Waals surface area (Å²) in [7, 11) is 0. The molecule has 1 atom stereocenters. The van der Waals surface area contributed by atoms with Crippen molar-refractivity contribution in [1.29, 1.82) is 15.8 Å². The van der Waals surface area contributed by atoms with Crippen LogP contribution in [0.15, 0.2) is 188 Å². The number of hydrogen-bond acceptors (Lipinski definition) is 16. The Labute approximate surface area is 562 Å². The fourth-order valence-corrected chi connectivity index (χ4v) is 8.40. The smallest absolute Gasteiger partial charge is 1.00 e. The Bertz CT molecular complexity index is 3820. The number of aromatic nitrogens is 4. The summed E-state index contributed by atoms with van der Waals surface area (Å²) in [6, 6.07) is 60.1. The summed E-state index contributed by atoms with van der Waals surface area (Å²) in [5.74, 6) is 2.89. The van der Waals surface area contributed by atoms with Crippen LogP contribution < -0.4 is 129 Å². The molecule has 396 valence electrons. The van der Waals surface area contributed by atoms with Crippen molar-refractivity contribution in [3.8, 4) is 52.6 Å². The van der Waals surface area contributed by atoms with E-state index in [0.29, 0.717) is 53.7 Å². The van der Waals surface area contributed by atoms with E-state index in [9.17, 15) is 10.2 Å². The maximum absolute atomic E-state index is 9.31. The van der Waals surface area contributed by atoms with Gasteiger partial charge < -0.3 is 51.6 Å². The molecule has 1 aliphatic rings. The molecule has 81 heavy (non-hydrogen) atoms. The Kier molecular flexibility index (Phi) is 26.9. The molecule has 7 aromatic carbocycles. The van der Waals surface area contributed by atoms with Crippen LogP contribution in [-0.4, -0.2) is 36.2 Å². The summed E-state index contributed by atoms with van der Waals surface area (Å²) in [6.45, 7) is 3.32. The quantitative estimate of drug-likeness (QED) is 0.0400. The number of benzene rings is 7. The maximum Gasteiger partial charge on any atom is 1.00 e. The van der Waals surface area contributed by atoms with Gasteiger partial charge in [0.25, 0.3) is 6.47 Å². The molecular weight excluding hydrogens is 1140 g/mol. The molecule has 0 bridgehead atoms. The van der Waals surface area contributed by atoms with Crippen molar-refractivity contribution >= 4 is 55.8 Å². The number of nitrogens with two attached hydrogens (primary N) is 1. The van der Waals surface area contributed by atoms with Gasteiger partial charge in [0.05, 0.1) is 53.3 Å². The summed E-state index contributed by atoms with van der Waals surface area (Å²) < 4.78 is 19.6. The van der Waals surface area contributed by atoms with Crippen molar-refractivity contribution < 1.29 is 144 Å². The number of carbonyl (C=O) groups is 1. The van der Waals surface area contributed by atoms with Crippen molar-refractivity contribution in [1.82, 2.24) is 19.5 Å². The minimum Gasteiger partial charge on any atom is -1.00 e.